The lowest BCUT2D eigenvalue weighted by molar-refractivity contribution is -0.302. The molecule has 7 unspecified atom stereocenters. The van der Waals surface area contributed by atoms with Crippen molar-refractivity contribution in [3.8, 4) is 0 Å². The number of carbonyl (C=O) groups excluding carboxylic acids is 2. The summed E-state index contributed by atoms with van der Waals surface area (Å²) in [5.41, 5.74) is 0. The summed E-state index contributed by atoms with van der Waals surface area (Å²) < 4.78 is 16.7. The first-order valence-corrected chi connectivity index (χ1v) is 31.1. The van der Waals surface area contributed by atoms with Crippen LogP contribution in [0.25, 0.3) is 0 Å². The van der Waals surface area contributed by atoms with Gasteiger partial charge in [-0.1, -0.05) is 250 Å². The summed E-state index contributed by atoms with van der Waals surface area (Å²) >= 11 is 0. The number of allylic oxidation sites excluding steroid dienone is 3. The third-order valence-electron chi connectivity index (χ3n) is 14.8. The van der Waals surface area contributed by atoms with E-state index in [1.807, 2.05) is 6.08 Å². The molecular weight excluding hydrogens is 919 g/mol. The highest BCUT2D eigenvalue weighted by Crippen LogP contribution is 2.23. The number of carbonyl (C=O) groups is 2. The van der Waals surface area contributed by atoms with E-state index in [1.165, 1.54) is 193 Å². The number of ether oxygens (including phenoxy) is 3. The molecule has 0 bridgehead atoms. The minimum atomic E-state index is -1.57. The molecule has 7 atom stereocenters. The van der Waals surface area contributed by atoms with Crippen LogP contribution >= 0.6 is 0 Å². The van der Waals surface area contributed by atoms with Crippen molar-refractivity contribution in [3.05, 3.63) is 24.3 Å². The van der Waals surface area contributed by atoms with Crippen molar-refractivity contribution >= 4 is 11.9 Å². The summed E-state index contributed by atoms with van der Waals surface area (Å²) in [6.07, 6.45) is 52.9. The first-order chi connectivity index (χ1) is 35.7. The number of hydrogen-bond acceptors (Lipinski definition) is 10. The van der Waals surface area contributed by atoms with E-state index in [1.54, 1.807) is 6.08 Å². The largest absolute Gasteiger partial charge is 0.466 e. The fourth-order valence-corrected chi connectivity index (χ4v) is 9.84. The fraction of sp³-hybridized carbons (Fsp3) is 0.903. The molecule has 11 nitrogen and oxygen atoms in total. The number of unbranched alkanes of at least 4 members (excludes halogenated alkanes) is 38. The average Bonchev–Trinajstić information content (AvgIpc) is 3.39. The Labute approximate surface area is 448 Å². The van der Waals surface area contributed by atoms with Crippen molar-refractivity contribution in [3.63, 3.8) is 0 Å². The molecular formula is C62H117NO10. The Morgan fingerprint density at radius 1 is 0.493 bits per heavy atom. The van der Waals surface area contributed by atoms with Gasteiger partial charge >= 0.3 is 5.97 Å². The molecule has 1 rings (SSSR count). The maximum atomic E-state index is 13.0. The Morgan fingerprint density at radius 3 is 1.32 bits per heavy atom. The van der Waals surface area contributed by atoms with Crippen LogP contribution < -0.4 is 5.32 Å². The lowest BCUT2D eigenvalue weighted by atomic mass is 9.99. The van der Waals surface area contributed by atoms with Crippen LogP contribution in [0.3, 0.4) is 0 Å². The van der Waals surface area contributed by atoms with Gasteiger partial charge in [0.05, 0.1) is 32.0 Å². The molecule has 430 valence electrons. The number of aliphatic hydroxyl groups is 5. The van der Waals surface area contributed by atoms with Crippen molar-refractivity contribution < 1.29 is 49.3 Å². The van der Waals surface area contributed by atoms with Crippen molar-refractivity contribution in [2.24, 2.45) is 0 Å². The van der Waals surface area contributed by atoms with Gasteiger partial charge in [-0.25, -0.2) is 0 Å². The SMILES string of the molecule is CCCCCCCCC/C=C/C(O)C(COC1OC(CO)C(O)C(O)C1O)NC(=O)CCCCCCCCC/C=C\CCCCCCCCCCCCOC(=O)CCCCCCCCCCCCCCCCC. The van der Waals surface area contributed by atoms with Crippen LogP contribution in [0, 0.1) is 0 Å². The smallest absolute Gasteiger partial charge is 0.305 e. The molecule has 1 saturated heterocycles. The van der Waals surface area contributed by atoms with Crippen molar-refractivity contribution in [2.45, 2.75) is 339 Å². The monoisotopic (exact) mass is 1040 g/mol. The van der Waals surface area contributed by atoms with E-state index < -0.39 is 49.5 Å². The third kappa shape index (κ3) is 41.9. The van der Waals surface area contributed by atoms with Crippen molar-refractivity contribution in [1.29, 1.82) is 0 Å². The molecule has 0 radical (unpaired) electrons. The van der Waals surface area contributed by atoms with Gasteiger partial charge in [0.1, 0.15) is 24.4 Å². The molecule has 1 aliphatic rings. The number of amides is 1. The normalized spacial score (nSPS) is 19.0. The van der Waals surface area contributed by atoms with Gasteiger partial charge < -0.3 is 45.1 Å². The zero-order chi connectivity index (χ0) is 53.1. The second-order valence-corrected chi connectivity index (χ2v) is 21.8. The Morgan fingerprint density at radius 2 is 0.877 bits per heavy atom. The highest BCUT2D eigenvalue weighted by atomic mass is 16.7. The molecule has 1 amide bonds. The number of esters is 1. The summed E-state index contributed by atoms with van der Waals surface area (Å²) in [5.74, 6) is -0.193. The van der Waals surface area contributed by atoms with E-state index in [-0.39, 0.29) is 18.5 Å². The lowest BCUT2D eigenvalue weighted by Crippen LogP contribution is -2.60. The maximum absolute atomic E-state index is 13.0. The predicted molar refractivity (Wildman–Crippen MR) is 301 cm³/mol. The molecule has 0 aromatic rings. The van der Waals surface area contributed by atoms with Crippen LogP contribution in [-0.4, -0.2) is 100 Å². The number of hydrogen-bond donors (Lipinski definition) is 6. The van der Waals surface area contributed by atoms with Crippen molar-refractivity contribution in [2.75, 3.05) is 19.8 Å². The van der Waals surface area contributed by atoms with Gasteiger partial charge in [0, 0.05) is 12.8 Å². The van der Waals surface area contributed by atoms with Gasteiger partial charge in [-0.3, -0.25) is 9.59 Å². The van der Waals surface area contributed by atoms with Gasteiger partial charge in [-0.2, -0.15) is 0 Å². The summed E-state index contributed by atoms with van der Waals surface area (Å²) in [7, 11) is 0. The van der Waals surface area contributed by atoms with Crippen molar-refractivity contribution in [1.82, 2.24) is 5.32 Å². The summed E-state index contributed by atoms with van der Waals surface area (Å²) in [4.78, 5) is 25.1. The van der Waals surface area contributed by atoms with Crippen LogP contribution in [0.2, 0.25) is 0 Å². The molecule has 0 saturated carbocycles. The van der Waals surface area contributed by atoms with E-state index in [2.05, 4.69) is 31.3 Å². The molecule has 1 aliphatic heterocycles. The topological polar surface area (TPSA) is 175 Å². The summed E-state index contributed by atoms with van der Waals surface area (Å²) in [6.45, 7) is 4.32. The molecule has 1 heterocycles. The molecule has 0 aliphatic carbocycles. The molecule has 1 fully saturated rings. The van der Waals surface area contributed by atoms with Gasteiger partial charge in [0.25, 0.3) is 0 Å². The highest BCUT2D eigenvalue weighted by molar-refractivity contribution is 5.76. The van der Waals surface area contributed by atoms with Crippen LogP contribution in [0.5, 0.6) is 0 Å². The molecule has 6 N–H and O–H groups in total. The van der Waals surface area contributed by atoms with Gasteiger partial charge in [0.15, 0.2) is 6.29 Å². The van der Waals surface area contributed by atoms with Gasteiger partial charge in [0.2, 0.25) is 5.91 Å². The standard InChI is InChI=1S/C62H117NO10/c1-3-5-7-9-11-13-14-15-23-27-30-34-38-42-46-50-58(67)71-51-47-43-39-35-31-28-25-22-20-18-16-17-19-21-24-26-29-33-37-41-45-49-57(66)63-54(55(65)48-44-40-36-32-12-10-8-6-4-2)53-72-62-61(70)60(69)59(68)56(52-64)73-62/h17,19,44,48,54-56,59-62,64-65,68-70H,3-16,18,20-43,45-47,49-53H2,1-2H3,(H,63,66)/b19-17-,48-44+. The maximum Gasteiger partial charge on any atom is 0.305 e. The second kappa shape index (κ2) is 52.2. The molecule has 11 heteroatoms. The number of nitrogens with one attached hydrogen (secondary N) is 1. The Balaban J connectivity index is 2.00. The Bertz CT molecular complexity index is 1260. The third-order valence-corrected chi connectivity index (χ3v) is 14.8. The quantitative estimate of drug-likeness (QED) is 0.0195. The minimum Gasteiger partial charge on any atom is -0.466 e. The zero-order valence-electron chi connectivity index (χ0n) is 47.4. The van der Waals surface area contributed by atoms with E-state index in [0.29, 0.717) is 19.4 Å². The highest BCUT2D eigenvalue weighted by Gasteiger charge is 2.44. The Kier molecular flexibility index (Phi) is 49.5. The van der Waals surface area contributed by atoms with Crippen LogP contribution in [0.4, 0.5) is 0 Å². The second-order valence-electron chi connectivity index (χ2n) is 21.8. The van der Waals surface area contributed by atoms with Gasteiger partial charge in [-0.15, -0.1) is 0 Å². The lowest BCUT2D eigenvalue weighted by Gasteiger charge is -2.40. The predicted octanol–water partition coefficient (Wildman–Crippen LogP) is 14.5. The Hall–Kier alpha value is -1.86. The first kappa shape index (κ1) is 69.2. The van der Waals surface area contributed by atoms with Crippen LogP contribution in [-0.2, 0) is 23.8 Å². The number of rotatable bonds is 54. The average molecular weight is 1040 g/mol. The first-order valence-electron chi connectivity index (χ1n) is 31.1. The molecule has 0 aromatic heterocycles. The van der Waals surface area contributed by atoms with E-state index >= 15 is 0 Å². The van der Waals surface area contributed by atoms with E-state index in [4.69, 9.17) is 14.2 Å². The van der Waals surface area contributed by atoms with E-state index in [0.717, 1.165) is 77.0 Å². The molecule has 0 aromatic carbocycles. The summed E-state index contributed by atoms with van der Waals surface area (Å²) in [5, 5.41) is 54.2. The fourth-order valence-electron chi connectivity index (χ4n) is 9.84. The van der Waals surface area contributed by atoms with Gasteiger partial charge in [-0.05, 0) is 57.8 Å². The summed E-state index contributed by atoms with van der Waals surface area (Å²) in [6, 6.07) is -0.814. The molecule has 0 spiro atoms. The minimum absolute atomic E-state index is 0.00197. The van der Waals surface area contributed by atoms with Crippen LogP contribution in [0.1, 0.15) is 296 Å². The van der Waals surface area contributed by atoms with Crippen LogP contribution in [0.15, 0.2) is 24.3 Å². The molecule has 73 heavy (non-hydrogen) atoms. The van der Waals surface area contributed by atoms with E-state index in [9.17, 15) is 35.1 Å². The zero-order valence-corrected chi connectivity index (χ0v) is 47.4. The number of aliphatic hydroxyl groups excluding tert-OH is 5.